The van der Waals surface area contributed by atoms with Crippen LogP contribution in [0.4, 0.5) is 0 Å². The summed E-state index contributed by atoms with van der Waals surface area (Å²) in [5.41, 5.74) is 1.32. The van der Waals surface area contributed by atoms with E-state index in [1.807, 2.05) is 0 Å². The molecule has 0 aliphatic carbocycles. The van der Waals surface area contributed by atoms with E-state index in [1.54, 1.807) is 0 Å². The molecular weight excluding hydrogens is 248 g/mol. The smallest absolute Gasteiger partial charge is 0.106 e. The molecule has 3 aliphatic heterocycles. The zero-order valence-corrected chi connectivity index (χ0v) is 12.4. The van der Waals surface area contributed by atoms with Gasteiger partial charge in [-0.15, -0.1) is 0 Å². The number of hydrogen-bond acceptors (Lipinski definition) is 3. The molecule has 2 bridgehead atoms. The Morgan fingerprint density at radius 3 is 2.70 bits per heavy atom. The number of unbranched alkanes of at least 4 members (excludes halogenated alkanes) is 1. The van der Waals surface area contributed by atoms with E-state index in [2.05, 4.69) is 33.3 Å². The summed E-state index contributed by atoms with van der Waals surface area (Å²) in [4.78, 5) is 10.9. The minimum Gasteiger partial charge on any atom is -0.345 e. The summed E-state index contributed by atoms with van der Waals surface area (Å²) in [5.74, 6) is 3.00. The van der Waals surface area contributed by atoms with Gasteiger partial charge in [0.2, 0.25) is 0 Å². The Bertz CT molecular complexity index is 451. The number of aromatic nitrogens is 2. The molecule has 4 heterocycles. The molecule has 4 atom stereocenters. The fourth-order valence-electron chi connectivity index (χ4n) is 4.79. The molecule has 3 aliphatic rings. The Morgan fingerprint density at radius 1 is 1.25 bits per heavy atom. The highest BCUT2D eigenvalue weighted by Gasteiger charge is 2.54. The van der Waals surface area contributed by atoms with Crippen molar-refractivity contribution < 1.29 is 0 Å². The van der Waals surface area contributed by atoms with Crippen LogP contribution >= 0.6 is 0 Å². The molecule has 4 heteroatoms. The summed E-state index contributed by atoms with van der Waals surface area (Å²) in [7, 11) is 0. The molecule has 20 heavy (non-hydrogen) atoms. The van der Waals surface area contributed by atoms with E-state index < -0.39 is 0 Å². The number of aromatic amines is 1. The number of H-pyrrole nitrogens is 1. The molecule has 1 aromatic rings. The maximum atomic E-state index is 4.54. The lowest BCUT2D eigenvalue weighted by Gasteiger charge is -2.23. The van der Waals surface area contributed by atoms with Crippen LogP contribution in [0.3, 0.4) is 0 Å². The van der Waals surface area contributed by atoms with E-state index in [0.717, 1.165) is 36.9 Å². The Kier molecular flexibility index (Phi) is 3.31. The third-order valence-corrected chi connectivity index (χ3v) is 5.71. The van der Waals surface area contributed by atoms with E-state index >= 15 is 0 Å². The quantitative estimate of drug-likeness (QED) is 0.862. The lowest BCUT2D eigenvalue weighted by molar-refractivity contribution is 0.216. The number of imidazole rings is 1. The van der Waals surface area contributed by atoms with Gasteiger partial charge in [-0.2, -0.15) is 0 Å². The molecule has 4 nitrogen and oxygen atoms in total. The third-order valence-electron chi connectivity index (χ3n) is 5.71. The predicted molar refractivity (Wildman–Crippen MR) is 79.4 cm³/mol. The van der Waals surface area contributed by atoms with Crippen molar-refractivity contribution >= 4 is 0 Å². The number of fused-ring (bicyclic) bond motifs is 5. The SMILES string of the molecule is CCCCc1ncc(CN2[C@@H]3CC[C@H]2[C@H]2CNC[C@H]23)[nH]1. The van der Waals surface area contributed by atoms with Gasteiger partial charge in [-0.3, -0.25) is 4.90 Å². The Labute approximate surface area is 121 Å². The van der Waals surface area contributed by atoms with Crippen LogP contribution in [-0.2, 0) is 13.0 Å². The Morgan fingerprint density at radius 2 is 2.00 bits per heavy atom. The van der Waals surface area contributed by atoms with Crippen LogP contribution in [0.5, 0.6) is 0 Å². The Hall–Kier alpha value is -0.870. The number of aryl methyl sites for hydroxylation is 1. The van der Waals surface area contributed by atoms with Crippen LogP contribution in [0.25, 0.3) is 0 Å². The summed E-state index contributed by atoms with van der Waals surface area (Å²) in [5, 5.41) is 3.59. The van der Waals surface area contributed by atoms with E-state index in [-0.39, 0.29) is 0 Å². The fraction of sp³-hybridized carbons (Fsp3) is 0.812. The first-order chi connectivity index (χ1) is 9.86. The summed E-state index contributed by atoms with van der Waals surface area (Å²) >= 11 is 0. The van der Waals surface area contributed by atoms with Crippen molar-refractivity contribution in [1.29, 1.82) is 0 Å². The summed E-state index contributed by atoms with van der Waals surface area (Å²) < 4.78 is 0. The average molecular weight is 274 g/mol. The number of hydrogen-bond donors (Lipinski definition) is 2. The van der Waals surface area contributed by atoms with Crippen molar-refractivity contribution in [2.24, 2.45) is 11.8 Å². The van der Waals surface area contributed by atoms with Crippen molar-refractivity contribution in [3.05, 3.63) is 17.7 Å². The summed E-state index contributed by atoms with van der Waals surface area (Å²) in [6.45, 7) is 5.81. The van der Waals surface area contributed by atoms with Gasteiger partial charge in [0.15, 0.2) is 0 Å². The molecule has 0 aromatic carbocycles. The minimum atomic E-state index is 0.822. The van der Waals surface area contributed by atoms with E-state index in [0.29, 0.717) is 0 Å². The normalized spacial score (nSPS) is 35.9. The predicted octanol–water partition coefficient (Wildman–Crippen LogP) is 1.93. The second-order valence-corrected chi connectivity index (χ2v) is 6.83. The highest BCUT2D eigenvalue weighted by Crippen LogP contribution is 2.47. The van der Waals surface area contributed by atoms with Crippen molar-refractivity contribution in [2.75, 3.05) is 13.1 Å². The van der Waals surface area contributed by atoms with Gasteiger partial charge in [0.05, 0.1) is 0 Å². The van der Waals surface area contributed by atoms with Crippen LogP contribution in [0.2, 0.25) is 0 Å². The zero-order valence-electron chi connectivity index (χ0n) is 12.4. The molecule has 0 amide bonds. The first kappa shape index (κ1) is 12.8. The molecule has 2 N–H and O–H groups in total. The van der Waals surface area contributed by atoms with Gasteiger partial charge in [-0.25, -0.2) is 4.98 Å². The van der Waals surface area contributed by atoms with Crippen molar-refractivity contribution in [3.8, 4) is 0 Å². The van der Waals surface area contributed by atoms with Gasteiger partial charge in [-0.1, -0.05) is 13.3 Å². The monoisotopic (exact) mass is 274 g/mol. The summed E-state index contributed by atoms with van der Waals surface area (Å²) in [6.07, 6.45) is 8.45. The number of nitrogens with zero attached hydrogens (tertiary/aromatic N) is 2. The van der Waals surface area contributed by atoms with Crippen LogP contribution in [0.1, 0.15) is 44.1 Å². The maximum Gasteiger partial charge on any atom is 0.106 e. The number of rotatable bonds is 5. The van der Waals surface area contributed by atoms with Crippen LogP contribution in [0, 0.1) is 11.8 Å². The first-order valence-corrected chi connectivity index (χ1v) is 8.36. The molecular formula is C16H26N4. The van der Waals surface area contributed by atoms with Crippen molar-refractivity contribution in [2.45, 2.75) is 57.7 Å². The first-order valence-electron chi connectivity index (χ1n) is 8.36. The van der Waals surface area contributed by atoms with E-state index in [9.17, 15) is 0 Å². The van der Waals surface area contributed by atoms with Crippen LogP contribution in [-0.4, -0.2) is 40.0 Å². The molecule has 1 aromatic heterocycles. The standard InChI is InChI=1S/C16H26N4/c1-2-3-4-16-18-7-11(19-16)10-20-14-5-6-15(20)13-9-17-8-12(13)14/h7,12-15,17H,2-6,8-10H2,1H3,(H,18,19)/t12-,13+,14-,15+. The van der Waals surface area contributed by atoms with Gasteiger partial charge in [-0.05, 0) is 44.2 Å². The number of nitrogens with one attached hydrogen (secondary N) is 2. The van der Waals surface area contributed by atoms with Crippen LogP contribution < -0.4 is 5.32 Å². The average Bonchev–Trinajstić information content (AvgIpc) is 3.18. The lowest BCUT2D eigenvalue weighted by atomic mass is 9.82. The molecule has 0 spiro atoms. The van der Waals surface area contributed by atoms with E-state index in [4.69, 9.17) is 0 Å². The zero-order chi connectivity index (χ0) is 13.5. The topological polar surface area (TPSA) is 44.0 Å². The minimum absolute atomic E-state index is 0.822. The molecule has 3 fully saturated rings. The lowest BCUT2D eigenvalue weighted by Crippen LogP contribution is -2.33. The van der Waals surface area contributed by atoms with Gasteiger partial charge in [0.25, 0.3) is 0 Å². The van der Waals surface area contributed by atoms with Gasteiger partial charge in [0, 0.05) is 36.9 Å². The highest BCUT2D eigenvalue weighted by atomic mass is 15.3. The van der Waals surface area contributed by atoms with Gasteiger partial charge in [0.1, 0.15) is 5.82 Å². The highest BCUT2D eigenvalue weighted by molar-refractivity contribution is 5.12. The largest absolute Gasteiger partial charge is 0.345 e. The second kappa shape index (κ2) is 5.15. The van der Waals surface area contributed by atoms with Gasteiger partial charge < -0.3 is 10.3 Å². The Balaban J connectivity index is 1.43. The molecule has 0 radical (unpaired) electrons. The van der Waals surface area contributed by atoms with Crippen molar-refractivity contribution in [3.63, 3.8) is 0 Å². The maximum absolute atomic E-state index is 4.54. The molecule has 110 valence electrons. The third kappa shape index (κ3) is 2.01. The van der Waals surface area contributed by atoms with Crippen LogP contribution in [0.15, 0.2) is 6.20 Å². The van der Waals surface area contributed by atoms with Gasteiger partial charge >= 0.3 is 0 Å². The van der Waals surface area contributed by atoms with E-state index in [1.165, 1.54) is 50.3 Å². The second-order valence-electron chi connectivity index (χ2n) is 6.83. The fourth-order valence-corrected chi connectivity index (χ4v) is 4.79. The molecule has 4 rings (SSSR count). The molecule has 0 saturated carbocycles. The molecule has 3 saturated heterocycles. The molecule has 0 unspecified atom stereocenters. The summed E-state index contributed by atoms with van der Waals surface area (Å²) in [6, 6.07) is 1.64. The van der Waals surface area contributed by atoms with Crippen molar-refractivity contribution in [1.82, 2.24) is 20.2 Å².